The van der Waals surface area contributed by atoms with E-state index in [4.69, 9.17) is 0 Å². The highest BCUT2D eigenvalue weighted by Gasteiger charge is 2.19. The maximum Gasteiger partial charge on any atom is 0.0948 e. The molecule has 0 saturated heterocycles. The van der Waals surface area contributed by atoms with Crippen LogP contribution in [-0.2, 0) is 0 Å². The van der Waals surface area contributed by atoms with Gasteiger partial charge in [-0.1, -0.05) is 46.9 Å². The molecular formula is C14H11FN2. The Kier molecular flexibility index (Phi) is 2.37. The molecule has 2 aromatic rings. The van der Waals surface area contributed by atoms with E-state index < -0.39 is 0 Å². The number of benzene rings is 2. The Morgan fingerprint density at radius 2 is 1.65 bits per heavy atom. The van der Waals surface area contributed by atoms with Crippen molar-refractivity contribution >= 4 is 17.1 Å². The average molecular weight is 226 g/mol. The van der Waals surface area contributed by atoms with Crippen LogP contribution in [0.4, 0.5) is 15.9 Å². The molecule has 0 saturated carbocycles. The van der Waals surface area contributed by atoms with Crippen molar-refractivity contribution in [1.29, 1.82) is 0 Å². The molecule has 0 amide bonds. The first kappa shape index (κ1) is 10.0. The summed E-state index contributed by atoms with van der Waals surface area (Å²) in [6, 6.07) is 16.9. The van der Waals surface area contributed by atoms with Gasteiger partial charge in [0.05, 0.1) is 23.6 Å². The van der Waals surface area contributed by atoms with Gasteiger partial charge in [0.1, 0.15) is 0 Å². The van der Waals surface area contributed by atoms with Crippen LogP contribution in [-0.4, -0.2) is 12.3 Å². The number of halogens is 1. The lowest BCUT2D eigenvalue weighted by atomic mass is 10.1. The van der Waals surface area contributed by atoms with Crippen molar-refractivity contribution < 1.29 is 4.48 Å². The number of fused-ring (bicyclic) bond motifs is 1. The van der Waals surface area contributed by atoms with E-state index in [2.05, 4.69) is 4.99 Å². The highest BCUT2D eigenvalue weighted by Crippen LogP contribution is 2.32. The molecule has 0 atom stereocenters. The third kappa shape index (κ3) is 1.80. The van der Waals surface area contributed by atoms with E-state index in [9.17, 15) is 4.48 Å². The van der Waals surface area contributed by atoms with Gasteiger partial charge in [0.25, 0.3) is 0 Å². The second-order valence-corrected chi connectivity index (χ2v) is 3.93. The van der Waals surface area contributed by atoms with E-state index in [1.54, 1.807) is 6.07 Å². The van der Waals surface area contributed by atoms with Gasteiger partial charge in [-0.25, -0.2) is 10.1 Å². The number of hydrogen-bond acceptors (Lipinski definition) is 2. The van der Waals surface area contributed by atoms with E-state index >= 15 is 0 Å². The van der Waals surface area contributed by atoms with Crippen LogP contribution in [0.2, 0.25) is 0 Å². The molecule has 0 radical (unpaired) electrons. The van der Waals surface area contributed by atoms with Crippen LogP contribution in [0.15, 0.2) is 59.6 Å². The molecule has 0 aliphatic carbocycles. The lowest BCUT2D eigenvalue weighted by Gasteiger charge is -2.22. The molecule has 17 heavy (non-hydrogen) atoms. The molecule has 0 N–H and O–H groups in total. The molecule has 1 heterocycles. The van der Waals surface area contributed by atoms with E-state index in [1.807, 2.05) is 48.5 Å². The largest absolute Gasteiger partial charge is 0.249 e. The Morgan fingerprint density at radius 1 is 0.941 bits per heavy atom. The maximum absolute atomic E-state index is 13.9. The quantitative estimate of drug-likeness (QED) is 0.679. The Bertz CT molecular complexity index is 563. The highest BCUT2D eigenvalue weighted by atomic mass is 19.2. The van der Waals surface area contributed by atoms with Crippen LogP contribution in [0.3, 0.4) is 0 Å². The molecule has 1 aliphatic rings. The number of aliphatic imine (C=N–C) groups is 1. The van der Waals surface area contributed by atoms with Gasteiger partial charge in [-0.3, -0.25) is 0 Å². The first-order valence-electron chi connectivity index (χ1n) is 5.50. The highest BCUT2D eigenvalue weighted by molar-refractivity contribution is 6.07. The smallest absolute Gasteiger partial charge is 0.0948 e. The summed E-state index contributed by atoms with van der Waals surface area (Å²) in [6.07, 6.45) is 0. The normalized spacial score (nSPS) is 14.2. The number of anilines is 1. The summed E-state index contributed by atoms with van der Waals surface area (Å²) in [5, 5.41) is 0.741. The summed E-state index contributed by atoms with van der Waals surface area (Å²) in [4.78, 5) is 4.50. The predicted octanol–water partition coefficient (Wildman–Crippen LogP) is 3.51. The molecule has 0 spiro atoms. The summed E-state index contributed by atoms with van der Waals surface area (Å²) in [6.45, 7) is 0.195. The summed E-state index contributed by atoms with van der Waals surface area (Å²) >= 11 is 0. The van der Waals surface area contributed by atoms with Crippen LogP contribution in [0.5, 0.6) is 0 Å². The summed E-state index contributed by atoms with van der Waals surface area (Å²) in [7, 11) is 0. The zero-order valence-corrected chi connectivity index (χ0v) is 9.18. The van der Waals surface area contributed by atoms with Crippen molar-refractivity contribution in [3.05, 3.63) is 60.2 Å². The van der Waals surface area contributed by atoms with Crippen LogP contribution < -0.4 is 5.12 Å². The van der Waals surface area contributed by atoms with Crippen molar-refractivity contribution in [1.82, 2.24) is 0 Å². The molecule has 1 aliphatic heterocycles. The number of hydrogen-bond donors (Lipinski definition) is 0. The first-order valence-corrected chi connectivity index (χ1v) is 5.50. The molecule has 84 valence electrons. The van der Waals surface area contributed by atoms with Crippen molar-refractivity contribution in [2.75, 3.05) is 11.7 Å². The predicted molar refractivity (Wildman–Crippen MR) is 67.5 cm³/mol. The SMILES string of the molecule is FN1CC(c2ccccc2)=Nc2ccccc21. The minimum absolute atomic E-state index is 0.195. The number of nitrogens with zero attached hydrogens (tertiary/aromatic N) is 2. The van der Waals surface area contributed by atoms with Gasteiger partial charge in [-0.2, -0.15) is 0 Å². The van der Waals surface area contributed by atoms with Crippen molar-refractivity contribution in [3.63, 3.8) is 0 Å². The third-order valence-electron chi connectivity index (χ3n) is 2.79. The van der Waals surface area contributed by atoms with Crippen molar-refractivity contribution in [2.24, 2.45) is 4.99 Å². The monoisotopic (exact) mass is 226 g/mol. The van der Waals surface area contributed by atoms with Gasteiger partial charge >= 0.3 is 0 Å². The molecule has 0 unspecified atom stereocenters. The lowest BCUT2D eigenvalue weighted by Crippen LogP contribution is -2.25. The summed E-state index contributed by atoms with van der Waals surface area (Å²) in [5.74, 6) is 0. The van der Waals surface area contributed by atoms with Crippen LogP contribution in [0, 0.1) is 0 Å². The van der Waals surface area contributed by atoms with Crippen LogP contribution >= 0.6 is 0 Å². The zero-order valence-electron chi connectivity index (χ0n) is 9.18. The molecular weight excluding hydrogens is 215 g/mol. The standard InChI is InChI=1S/C14H11FN2/c15-17-10-13(11-6-2-1-3-7-11)16-12-8-4-5-9-14(12)17/h1-9H,10H2. The zero-order chi connectivity index (χ0) is 11.7. The second-order valence-electron chi connectivity index (χ2n) is 3.93. The van der Waals surface area contributed by atoms with Gasteiger partial charge in [0.2, 0.25) is 0 Å². The Morgan fingerprint density at radius 3 is 2.47 bits per heavy atom. The fourth-order valence-corrected chi connectivity index (χ4v) is 1.95. The average Bonchev–Trinajstić information content (AvgIpc) is 2.40. The van der Waals surface area contributed by atoms with E-state index in [0.29, 0.717) is 11.4 Å². The first-order chi connectivity index (χ1) is 8.34. The van der Waals surface area contributed by atoms with Gasteiger partial charge in [0.15, 0.2) is 0 Å². The Balaban J connectivity index is 2.08. The fourth-order valence-electron chi connectivity index (χ4n) is 1.95. The summed E-state index contributed by atoms with van der Waals surface area (Å²) < 4.78 is 13.9. The van der Waals surface area contributed by atoms with Gasteiger partial charge < -0.3 is 0 Å². The lowest BCUT2D eigenvalue weighted by molar-refractivity contribution is 0.459. The van der Waals surface area contributed by atoms with E-state index in [0.717, 1.165) is 16.4 Å². The maximum atomic E-state index is 13.9. The molecule has 0 fully saturated rings. The van der Waals surface area contributed by atoms with Gasteiger partial charge in [-0.05, 0) is 17.7 Å². The summed E-state index contributed by atoms with van der Waals surface area (Å²) in [5.41, 5.74) is 2.93. The van der Waals surface area contributed by atoms with Crippen LogP contribution in [0.25, 0.3) is 0 Å². The van der Waals surface area contributed by atoms with Crippen molar-refractivity contribution in [3.8, 4) is 0 Å². The van der Waals surface area contributed by atoms with Gasteiger partial charge in [-0.15, -0.1) is 0 Å². The minimum Gasteiger partial charge on any atom is -0.249 e. The van der Waals surface area contributed by atoms with Gasteiger partial charge in [0, 0.05) is 0 Å². The van der Waals surface area contributed by atoms with Crippen LogP contribution in [0.1, 0.15) is 5.56 Å². The third-order valence-corrected chi connectivity index (χ3v) is 2.79. The fraction of sp³-hybridized carbons (Fsp3) is 0.0714. The topological polar surface area (TPSA) is 15.6 Å². The molecule has 2 aromatic carbocycles. The molecule has 0 aromatic heterocycles. The van der Waals surface area contributed by atoms with E-state index in [-0.39, 0.29) is 6.54 Å². The molecule has 2 nitrogen and oxygen atoms in total. The molecule has 0 bridgehead atoms. The number of rotatable bonds is 1. The Labute approximate surface area is 99.0 Å². The molecule has 3 heteroatoms. The van der Waals surface area contributed by atoms with Crippen molar-refractivity contribution in [2.45, 2.75) is 0 Å². The minimum atomic E-state index is 0.195. The molecule has 3 rings (SSSR count). The Hall–Kier alpha value is -2.16. The second kappa shape index (κ2) is 4.01. The van der Waals surface area contributed by atoms with E-state index in [1.165, 1.54) is 0 Å². The number of para-hydroxylation sites is 2.